The van der Waals surface area contributed by atoms with E-state index >= 15 is 0 Å². The number of ether oxygens (including phenoxy) is 1. The molecule has 0 unspecified atom stereocenters. The minimum atomic E-state index is 0.411. The Labute approximate surface area is 106 Å². The van der Waals surface area contributed by atoms with Gasteiger partial charge in [-0.15, -0.1) is 0 Å². The third-order valence-corrected chi connectivity index (χ3v) is 2.13. The van der Waals surface area contributed by atoms with Crippen LogP contribution in [-0.2, 0) is 4.74 Å². The van der Waals surface area contributed by atoms with Gasteiger partial charge >= 0.3 is 0 Å². The number of hydrogen-bond acceptors (Lipinski definition) is 2. The van der Waals surface area contributed by atoms with Gasteiger partial charge in [-0.2, -0.15) is 0 Å². The van der Waals surface area contributed by atoms with Crippen LogP contribution in [-0.4, -0.2) is 38.3 Å². The Morgan fingerprint density at radius 1 is 1.18 bits per heavy atom. The van der Waals surface area contributed by atoms with Crippen molar-refractivity contribution < 1.29 is 4.74 Å². The maximum atomic E-state index is 5.49. The maximum Gasteiger partial charge on any atom is 0.191 e. The average molecular weight is 243 g/mol. The number of nitrogens with one attached hydrogen (secondary N) is 2. The summed E-state index contributed by atoms with van der Waals surface area (Å²) in [5.41, 5.74) is 0. The first-order chi connectivity index (χ1) is 8.20. The second kappa shape index (κ2) is 11.7. The number of nitrogens with zero attached hydrogens (tertiary/aromatic N) is 1. The molecule has 0 aliphatic heterocycles. The molecule has 0 spiro atoms. The van der Waals surface area contributed by atoms with Crippen molar-refractivity contribution in [1.29, 1.82) is 0 Å². The second-order valence-corrected chi connectivity index (χ2v) is 4.38. The van der Waals surface area contributed by atoms with E-state index in [9.17, 15) is 0 Å². The number of aliphatic imine (C=N–C) groups is 1. The van der Waals surface area contributed by atoms with Gasteiger partial charge in [-0.1, -0.05) is 13.3 Å². The van der Waals surface area contributed by atoms with Crippen LogP contribution in [0.1, 0.15) is 47.0 Å². The molecule has 0 radical (unpaired) electrons. The molecule has 17 heavy (non-hydrogen) atoms. The van der Waals surface area contributed by atoms with E-state index in [0.717, 1.165) is 45.1 Å². The van der Waals surface area contributed by atoms with Gasteiger partial charge in [-0.05, 0) is 33.6 Å². The largest absolute Gasteiger partial charge is 0.381 e. The molecule has 0 aromatic carbocycles. The molecule has 0 aliphatic carbocycles. The minimum Gasteiger partial charge on any atom is -0.381 e. The third kappa shape index (κ3) is 11.5. The first kappa shape index (κ1) is 16.2. The monoisotopic (exact) mass is 243 g/mol. The fourth-order valence-corrected chi connectivity index (χ4v) is 1.30. The van der Waals surface area contributed by atoms with E-state index in [0.29, 0.717) is 6.04 Å². The van der Waals surface area contributed by atoms with Gasteiger partial charge in [0.1, 0.15) is 0 Å². The van der Waals surface area contributed by atoms with Gasteiger partial charge in [0, 0.05) is 32.3 Å². The fourth-order valence-electron chi connectivity index (χ4n) is 1.30. The Kier molecular flexibility index (Phi) is 11.2. The lowest BCUT2D eigenvalue weighted by Crippen LogP contribution is -2.41. The highest BCUT2D eigenvalue weighted by Gasteiger charge is 1.98. The molecule has 0 saturated heterocycles. The van der Waals surface area contributed by atoms with Crippen molar-refractivity contribution >= 4 is 5.96 Å². The number of rotatable bonds is 9. The van der Waals surface area contributed by atoms with Gasteiger partial charge in [-0.3, -0.25) is 4.99 Å². The summed E-state index contributed by atoms with van der Waals surface area (Å²) >= 11 is 0. The highest BCUT2D eigenvalue weighted by atomic mass is 16.5. The Morgan fingerprint density at radius 3 is 2.47 bits per heavy atom. The van der Waals surface area contributed by atoms with E-state index in [2.05, 4.69) is 43.3 Å². The first-order valence-electron chi connectivity index (χ1n) is 6.83. The highest BCUT2D eigenvalue weighted by molar-refractivity contribution is 5.79. The number of hydrogen-bond donors (Lipinski definition) is 2. The van der Waals surface area contributed by atoms with Crippen molar-refractivity contribution in [3.05, 3.63) is 0 Å². The zero-order chi connectivity index (χ0) is 12.9. The zero-order valence-electron chi connectivity index (χ0n) is 11.9. The Hall–Kier alpha value is -0.770. The summed E-state index contributed by atoms with van der Waals surface area (Å²) < 4.78 is 5.49. The summed E-state index contributed by atoms with van der Waals surface area (Å²) in [7, 11) is 0. The summed E-state index contributed by atoms with van der Waals surface area (Å²) in [5.74, 6) is 0.899. The molecule has 0 atom stereocenters. The van der Waals surface area contributed by atoms with Crippen LogP contribution in [0.5, 0.6) is 0 Å². The van der Waals surface area contributed by atoms with Gasteiger partial charge in [0.2, 0.25) is 0 Å². The molecule has 4 nitrogen and oxygen atoms in total. The molecule has 0 heterocycles. The molecular formula is C13H29N3O. The van der Waals surface area contributed by atoms with Crippen LogP contribution in [0.4, 0.5) is 0 Å². The summed E-state index contributed by atoms with van der Waals surface area (Å²) in [6.45, 7) is 11.9. The van der Waals surface area contributed by atoms with E-state index in [1.54, 1.807) is 0 Å². The summed E-state index contributed by atoms with van der Waals surface area (Å²) in [5, 5.41) is 6.51. The molecule has 0 aliphatic rings. The smallest absolute Gasteiger partial charge is 0.191 e. The molecule has 0 bridgehead atoms. The molecule has 0 rings (SSSR count). The van der Waals surface area contributed by atoms with Crippen LogP contribution >= 0.6 is 0 Å². The lowest BCUT2D eigenvalue weighted by molar-refractivity contribution is 0.130. The predicted molar refractivity (Wildman–Crippen MR) is 74.6 cm³/mol. The molecule has 0 fully saturated rings. The molecule has 0 aromatic heterocycles. The quantitative estimate of drug-likeness (QED) is 0.370. The average Bonchev–Trinajstić information content (AvgIpc) is 2.27. The van der Waals surface area contributed by atoms with Crippen molar-refractivity contribution in [2.24, 2.45) is 4.99 Å². The number of unbranched alkanes of at least 4 members (excludes halogenated alkanes) is 1. The van der Waals surface area contributed by atoms with E-state index in [4.69, 9.17) is 4.74 Å². The highest BCUT2D eigenvalue weighted by Crippen LogP contribution is 1.90. The lowest BCUT2D eigenvalue weighted by Gasteiger charge is -2.13. The van der Waals surface area contributed by atoms with Crippen molar-refractivity contribution in [2.45, 2.75) is 53.0 Å². The Morgan fingerprint density at radius 2 is 1.88 bits per heavy atom. The molecular weight excluding hydrogens is 214 g/mol. The number of guanidine groups is 1. The first-order valence-corrected chi connectivity index (χ1v) is 6.83. The SMILES string of the molecule is CCCCOCCCN=C(NCC)NC(C)C. The molecule has 0 aromatic rings. The van der Waals surface area contributed by atoms with Gasteiger partial charge in [0.15, 0.2) is 5.96 Å². The summed E-state index contributed by atoms with van der Waals surface area (Å²) in [6.07, 6.45) is 3.33. The van der Waals surface area contributed by atoms with Crippen LogP contribution in [0.2, 0.25) is 0 Å². The van der Waals surface area contributed by atoms with Crippen LogP contribution in [0, 0.1) is 0 Å². The van der Waals surface area contributed by atoms with Crippen LogP contribution in [0.3, 0.4) is 0 Å². The van der Waals surface area contributed by atoms with Gasteiger partial charge in [-0.25, -0.2) is 0 Å². The second-order valence-electron chi connectivity index (χ2n) is 4.38. The van der Waals surface area contributed by atoms with E-state index in [1.165, 1.54) is 6.42 Å². The zero-order valence-corrected chi connectivity index (χ0v) is 11.9. The third-order valence-electron chi connectivity index (χ3n) is 2.13. The lowest BCUT2D eigenvalue weighted by atomic mass is 10.4. The summed E-state index contributed by atoms with van der Waals surface area (Å²) in [4.78, 5) is 4.49. The summed E-state index contributed by atoms with van der Waals surface area (Å²) in [6, 6.07) is 0.411. The van der Waals surface area contributed by atoms with Gasteiger partial charge in [0.05, 0.1) is 0 Å². The molecule has 0 amide bonds. The van der Waals surface area contributed by atoms with Crippen LogP contribution in [0.25, 0.3) is 0 Å². The van der Waals surface area contributed by atoms with Crippen molar-refractivity contribution in [3.63, 3.8) is 0 Å². The molecule has 2 N–H and O–H groups in total. The minimum absolute atomic E-state index is 0.411. The van der Waals surface area contributed by atoms with Crippen LogP contribution in [0.15, 0.2) is 4.99 Å². The van der Waals surface area contributed by atoms with Crippen molar-refractivity contribution in [1.82, 2.24) is 10.6 Å². The normalized spacial score (nSPS) is 11.9. The maximum absolute atomic E-state index is 5.49. The van der Waals surface area contributed by atoms with Gasteiger partial charge in [0.25, 0.3) is 0 Å². The Balaban J connectivity index is 3.61. The van der Waals surface area contributed by atoms with Gasteiger partial charge < -0.3 is 15.4 Å². The van der Waals surface area contributed by atoms with E-state index < -0.39 is 0 Å². The topological polar surface area (TPSA) is 45.6 Å². The van der Waals surface area contributed by atoms with Crippen LogP contribution < -0.4 is 10.6 Å². The van der Waals surface area contributed by atoms with E-state index in [1.807, 2.05) is 0 Å². The molecule has 102 valence electrons. The van der Waals surface area contributed by atoms with Crippen molar-refractivity contribution in [3.8, 4) is 0 Å². The fraction of sp³-hybridized carbons (Fsp3) is 0.923. The predicted octanol–water partition coefficient (Wildman–Crippen LogP) is 2.16. The van der Waals surface area contributed by atoms with Crippen molar-refractivity contribution in [2.75, 3.05) is 26.3 Å². The standard InChI is InChI=1S/C13H29N3O/c1-5-7-10-17-11-8-9-15-13(14-6-2)16-12(3)4/h12H,5-11H2,1-4H3,(H2,14,15,16). The van der Waals surface area contributed by atoms with E-state index in [-0.39, 0.29) is 0 Å². The molecule has 4 heteroatoms. The Bertz CT molecular complexity index is 193. The molecule has 0 saturated carbocycles.